The maximum Gasteiger partial charge on any atom is 0.229 e. The number of nitrogens with zero attached hydrogens (tertiary/aromatic N) is 4. The average molecular weight is 395 g/mol. The molecule has 4 aromatic rings. The molecule has 8 nitrogen and oxygen atoms in total. The Morgan fingerprint density at radius 1 is 1.00 bits per heavy atom. The summed E-state index contributed by atoms with van der Waals surface area (Å²) >= 11 is 0. The number of anilines is 1. The van der Waals surface area contributed by atoms with E-state index in [2.05, 4.69) is 19.7 Å². The molecule has 0 atom stereocenters. The fourth-order valence-corrected chi connectivity index (χ4v) is 3.42. The van der Waals surface area contributed by atoms with Crippen molar-refractivity contribution in [3.05, 3.63) is 61.2 Å². The lowest BCUT2D eigenvalue weighted by atomic mass is 10.1. The molecule has 0 radical (unpaired) electrons. The largest absolute Gasteiger partial charge is 0.481 e. The van der Waals surface area contributed by atoms with Gasteiger partial charge in [0.2, 0.25) is 15.9 Å². The second-order valence-electron chi connectivity index (χ2n) is 6.19. The molecule has 1 aromatic carbocycles. The molecule has 0 spiro atoms. The summed E-state index contributed by atoms with van der Waals surface area (Å²) in [6, 6.07) is 10.8. The van der Waals surface area contributed by atoms with Crippen LogP contribution in [0.5, 0.6) is 5.88 Å². The molecule has 0 bridgehead atoms. The summed E-state index contributed by atoms with van der Waals surface area (Å²) in [6.07, 6.45) is 8.13. The zero-order chi connectivity index (χ0) is 19.7. The molecular formula is C19H17N5O3S. The molecule has 0 aliphatic heterocycles. The molecule has 0 fully saturated rings. The standard InChI is InChI=1S/C19H17N5O3S/c1-27-19-7-6-14(9-22-19)17-10-21-18-11-20-16(12-24(17)18)13-4-3-5-15(8-13)23-28(2,25)26/h3-12,23H,1-2H3. The summed E-state index contributed by atoms with van der Waals surface area (Å²) in [7, 11) is -1.78. The first-order valence-corrected chi connectivity index (χ1v) is 10.2. The number of rotatable bonds is 5. The number of sulfonamides is 1. The molecule has 3 heterocycles. The van der Waals surface area contributed by atoms with Crippen LogP contribution in [0.4, 0.5) is 5.69 Å². The third-order valence-corrected chi connectivity index (χ3v) is 4.71. The summed E-state index contributed by atoms with van der Waals surface area (Å²) in [6.45, 7) is 0. The van der Waals surface area contributed by atoms with Gasteiger partial charge in [-0.15, -0.1) is 0 Å². The van der Waals surface area contributed by atoms with Gasteiger partial charge in [-0.3, -0.25) is 14.1 Å². The molecular weight excluding hydrogens is 378 g/mol. The molecule has 3 aromatic heterocycles. The lowest BCUT2D eigenvalue weighted by Crippen LogP contribution is -2.09. The second-order valence-corrected chi connectivity index (χ2v) is 7.94. The molecule has 0 amide bonds. The van der Waals surface area contributed by atoms with Crippen LogP contribution in [0.2, 0.25) is 0 Å². The van der Waals surface area contributed by atoms with Crippen molar-refractivity contribution in [3.8, 4) is 28.4 Å². The molecule has 142 valence electrons. The fourth-order valence-electron chi connectivity index (χ4n) is 2.86. The van der Waals surface area contributed by atoms with E-state index in [-0.39, 0.29) is 0 Å². The minimum atomic E-state index is -3.35. The summed E-state index contributed by atoms with van der Waals surface area (Å²) in [5, 5.41) is 0. The number of pyridine rings is 1. The third kappa shape index (κ3) is 3.65. The van der Waals surface area contributed by atoms with E-state index in [0.29, 0.717) is 22.9 Å². The van der Waals surface area contributed by atoms with E-state index in [0.717, 1.165) is 23.1 Å². The monoisotopic (exact) mass is 395 g/mol. The van der Waals surface area contributed by atoms with Gasteiger partial charge in [-0.25, -0.2) is 18.4 Å². The van der Waals surface area contributed by atoms with Crippen molar-refractivity contribution in [1.29, 1.82) is 0 Å². The number of imidazole rings is 1. The molecule has 0 unspecified atom stereocenters. The van der Waals surface area contributed by atoms with E-state index in [9.17, 15) is 8.42 Å². The molecule has 4 rings (SSSR count). The van der Waals surface area contributed by atoms with E-state index < -0.39 is 10.0 Å². The van der Waals surface area contributed by atoms with Crippen LogP contribution in [0, 0.1) is 0 Å². The van der Waals surface area contributed by atoms with Gasteiger partial charge in [-0.05, 0) is 18.2 Å². The van der Waals surface area contributed by atoms with Crippen LogP contribution in [0.3, 0.4) is 0 Å². The van der Waals surface area contributed by atoms with E-state index >= 15 is 0 Å². The van der Waals surface area contributed by atoms with Gasteiger partial charge >= 0.3 is 0 Å². The van der Waals surface area contributed by atoms with Crippen LogP contribution in [0.15, 0.2) is 61.2 Å². The number of methoxy groups -OCH3 is 1. The zero-order valence-electron chi connectivity index (χ0n) is 15.2. The van der Waals surface area contributed by atoms with Gasteiger partial charge in [-0.1, -0.05) is 12.1 Å². The number of hydrogen-bond acceptors (Lipinski definition) is 6. The van der Waals surface area contributed by atoms with Gasteiger partial charge in [0.1, 0.15) is 0 Å². The Morgan fingerprint density at radius 2 is 1.86 bits per heavy atom. The molecule has 0 aliphatic carbocycles. The normalized spacial score (nSPS) is 11.5. The number of fused-ring (bicyclic) bond motifs is 1. The maximum atomic E-state index is 11.5. The highest BCUT2D eigenvalue weighted by molar-refractivity contribution is 7.92. The van der Waals surface area contributed by atoms with Crippen LogP contribution in [0.1, 0.15) is 0 Å². The van der Waals surface area contributed by atoms with Crippen LogP contribution in [0.25, 0.3) is 28.2 Å². The summed E-state index contributed by atoms with van der Waals surface area (Å²) in [4.78, 5) is 13.1. The fraction of sp³-hybridized carbons (Fsp3) is 0.105. The Hall–Kier alpha value is -3.46. The molecule has 0 aliphatic rings. The van der Waals surface area contributed by atoms with E-state index in [1.165, 1.54) is 0 Å². The van der Waals surface area contributed by atoms with Crippen molar-refractivity contribution >= 4 is 21.4 Å². The lowest BCUT2D eigenvalue weighted by Gasteiger charge is -2.08. The third-order valence-electron chi connectivity index (χ3n) is 4.10. The van der Waals surface area contributed by atoms with Gasteiger partial charge in [0.05, 0.1) is 37.1 Å². The van der Waals surface area contributed by atoms with Crippen molar-refractivity contribution < 1.29 is 13.2 Å². The van der Waals surface area contributed by atoms with Crippen molar-refractivity contribution in [1.82, 2.24) is 19.4 Å². The highest BCUT2D eigenvalue weighted by Gasteiger charge is 2.10. The molecule has 9 heteroatoms. The van der Waals surface area contributed by atoms with Gasteiger partial charge in [-0.2, -0.15) is 0 Å². The van der Waals surface area contributed by atoms with E-state index in [1.54, 1.807) is 50.0 Å². The molecule has 1 N–H and O–H groups in total. The highest BCUT2D eigenvalue weighted by atomic mass is 32.2. The van der Waals surface area contributed by atoms with E-state index in [4.69, 9.17) is 4.74 Å². The molecule has 28 heavy (non-hydrogen) atoms. The number of nitrogens with one attached hydrogen (secondary N) is 1. The zero-order valence-corrected chi connectivity index (χ0v) is 16.0. The predicted molar refractivity (Wildman–Crippen MR) is 107 cm³/mol. The van der Waals surface area contributed by atoms with Crippen molar-refractivity contribution in [2.24, 2.45) is 0 Å². The maximum absolute atomic E-state index is 11.5. The van der Waals surface area contributed by atoms with Gasteiger partial charge in [0.25, 0.3) is 0 Å². The summed E-state index contributed by atoms with van der Waals surface area (Å²) in [5.74, 6) is 0.537. The van der Waals surface area contributed by atoms with Crippen molar-refractivity contribution in [2.45, 2.75) is 0 Å². The lowest BCUT2D eigenvalue weighted by molar-refractivity contribution is 0.398. The Kier molecular flexibility index (Phi) is 4.44. The number of aromatic nitrogens is 4. The van der Waals surface area contributed by atoms with E-state index in [1.807, 2.05) is 22.7 Å². The SMILES string of the molecule is COc1ccc(-c2cnc3cnc(-c4cccc(NS(C)(=O)=O)c4)cn23)cn1. The van der Waals surface area contributed by atoms with Crippen LogP contribution in [-0.4, -0.2) is 41.1 Å². The molecule has 0 saturated heterocycles. The number of hydrogen-bond donors (Lipinski definition) is 1. The highest BCUT2D eigenvalue weighted by Crippen LogP contribution is 2.25. The van der Waals surface area contributed by atoms with Gasteiger partial charge in [0, 0.05) is 35.3 Å². The van der Waals surface area contributed by atoms with Crippen molar-refractivity contribution in [2.75, 3.05) is 18.1 Å². The second kappa shape index (κ2) is 6.93. The first kappa shape index (κ1) is 17.9. The average Bonchev–Trinajstić information content (AvgIpc) is 3.10. The van der Waals surface area contributed by atoms with Crippen molar-refractivity contribution in [3.63, 3.8) is 0 Å². The van der Waals surface area contributed by atoms with Crippen LogP contribution < -0.4 is 9.46 Å². The quantitative estimate of drug-likeness (QED) is 0.558. The topological polar surface area (TPSA) is 98.5 Å². The Bertz CT molecular complexity index is 1250. The Balaban J connectivity index is 1.76. The first-order valence-electron chi connectivity index (χ1n) is 8.35. The van der Waals surface area contributed by atoms with Gasteiger partial charge < -0.3 is 4.74 Å². The smallest absolute Gasteiger partial charge is 0.229 e. The summed E-state index contributed by atoms with van der Waals surface area (Å²) in [5.41, 5.74) is 4.39. The number of ether oxygens (including phenoxy) is 1. The Morgan fingerprint density at radius 3 is 2.57 bits per heavy atom. The predicted octanol–water partition coefficient (Wildman–Crippen LogP) is 2.84. The molecule has 0 saturated carbocycles. The summed E-state index contributed by atoms with van der Waals surface area (Å²) < 4.78 is 32.5. The first-order chi connectivity index (χ1) is 13.4. The Labute approximate surface area is 161 Å². The van der Waals surface area contributed by atoms with Crippen LogP contribution in [-0.2, 0) is 10.0 Å². The number of benzene rings is 1. The minimum absolute atomic E-state index is 0.479. The van der Waals surface area contributed by atoms with Gasteiger partial charge in [0.15, 0.2) is 5.65 Å². The van der Waals surface area contributed by atoms with Crippen LogP contribution >= 0.6 is 0 Å². The minimum Gasteiger partial charge on any atom is -0.481 e.